The molecule has 5 nitrogen and oxygen atoms in total. The monoisotopic (exact) mass is 359 g/mol. The summed E-state index contributed by atoms with van der Waals surface area (Å²) < 4.78 is 7.72. The predicted octanol–water partition coefficient (Wildman–Crippen LogP) is 3.76. The van der Waals surface area contributed by atoms with Crippen molar-refractivity contribution < 1.29 is 9.53 Å². The van der Waals surface area contributed by atoms with Gasteiger partial charge in [-0.25, -0.2) is 4.98 Å². The van der Waals surface area contributed by atoms with E-state index in [9.17, 15) is 4.79 Å². The molecule has 1 aromatic heterocycles. The maximum atomic E-state index is 12.8. The van der Waals surface area contributed by atoms with Gasteiger partial charge in [0.25, 0.3) is 5.91 Å². The average Bonchev–Trinajstić information content (AvgIpc) is 3.26. The minimum atomic E-state index is -0.0369. The van der Waals surface area contributed by atoms with E-state index in [0.717, 1.165) is 36.3 Å². The van der Waals surface area contributed by atoms with Gasteiger partial charge in [0.05, 0.1) is 12.0 Å². The van der Waals surface area contributed by atoms with Gasteiger partial charge in [0.15, 0.2) is 6.61 Å². The van der Waals surface area contributed by atoms with Gasteiger partial charge in [-0.15, -0.1) is 0 Å². The molecular formula is C22H21N3O2. The molecule has 0 bridgehead atoms. The summed E-state index contributed by atoms with van der Waals surface area (Å²) in [5.74, 6) is 0.597. The summed E-state index contributed by atoms with van der Waals surface area (Å²) in [4.78, 5) is 18.7. The second-order valence-corrected chi connectivity index (χ2v) is 6.48. The number of nitrogens with zero attached hydrogens (tertiary/aromatic N) is 3. The van der Waals surface area contributed by atoms with Crippen LogP contribution in [0.5, 0.6) is 5.75 Å². The smallest absolute Gasteiger partial charge is 0.264 e. The van der Waals surface area contributed by atoms with Crippen LogP contribution in [0.4, 0.5) is 5.69 Å². The highest BCUT2D eigenvalue weighted by Crippen LogP contribution is 2.28. The fraction of sp³-hybridized carbons (Fsp3) is 0.182. The SMILES string of the molecule is C=C(c1ccccc1OCC(=O)N1CCCc2ccccc21)n1ccnc1. The maximum absolute atomic E-state index is 12.8. The first-order valence-electron chi connectivity index (χ1n) is 9.02. The number of imidazole rings is 1. The Morgan fingerprint density at radius 3 is 2.81 bits per heavy atom. The number of amides is 1. The lowest BCUT2D eigenvalue weighted by Crippen LogP contribution is -2.38. The number of hydrogen-bond acceptors (Lipinski definition) is 3. The Bertz CT molecular complexity index is 963. The predicted molar refractivity (Wildman–Crippen MR) is 106 cm³/mol. The van der Waals surface area contributed by atoms with Gasteiger partial charge < -0.3 is 14.2 Å². The fourth-order valence-electron chi connectivity index (χ4n) is 3.40. The number of fused-ring (bicyclic) bond motifs is 1. The minimum absolute atomic E-state index is 0.0114. The van der Waals surface area contributed by atoms with E-state index in [0.29, 0.717) is 5.75 Å². The van der Waals surface area contributed by atoms with Gasteiger partial charge in [0.2, 0.25) is 0 Å². The summed E-state index contributed by atoms with van der Waals surface area (Å²) in [6.07, 6.45) is 7.20. The summed E-state index contributed by atoms with van der Waals surface area (Å²) in [5.41, 5.74) is 3.79. The third kappa shape index (κ3) is 3.49. The van der Waals surface area contributed by atoms with E-state index in [-0.39, 0.29) is 12.5 Å². The van der Waals surface area contributed by atoms with Gasteiger partial charge in [0, 0.05) is 30.2 Å². The third-order valence-electron chi connectivity index (χ3n) is 4.78. The van der Waals surface area contributed by atoms with Crippen LogP contribution in [0.25, 0.3) is 5.70 Å². The first kappa shape index (κ1) is 17.1. The normalized spacial score (nSPS) is 13.1. The number of para-hydroxylation sites is 2. The minimum Gasteiger partial charge on any atom is -0.483 e. The molecule has 0 atom stereocenters. The molecular weight excluding hydrogens is 338 g/mol. The van der Waals surface area contributed by atoms with Crippen LogP contribution < -0.4 is 9.64 Å². The number of carbonyl (C=O) groups excluding carboxylic acids is 1. The molecule has 136 valence electrons. The molecule has 0 saturated heterocycles. The Kier molecular flexibility index (Phi) is 4.75. The van der Waals surface area contributed by atoms with E-state index < -0.39 is 0 Å². The molecule has 27 heavy (non-hydrogen) atoms. The Balaban J connectivity index is 1.50. The molecule has 4 rings (SSSR count). The number of aryl methyl sites for hydroxylation is 1. The van der Waals surface area contributed by atoms with E-state index in [1.165, 1.54) is 5.56 Å². The molecule has 1 aliphatic heterocycles. The highest BCUT2D eigenvalue weighted by Gasteiger charge is 2.22. The van der Waals surface area contributed by atoms with Crippen molar-refractivity contribution in [3.05, 3.63) is 85.0 Å². The number of ether oxygens (including phenoxy) is 1. The summed E-state index contributed by atoms with van der Waals surface area (Å²) in [6, 6.07) is 15.7. The lowest BCUT2D eigenvalue weighted by Gasteiger charge is -2.29. The van der Waals surface area contributed by atoms with E-state index in [2.05, 4.69) is 17.6 Å². The van der Waals surface area contributed by atoms with Crippen LogP contribution in [-0.4, -0.2) is 28.6 Å². The quantitative estimate of drug-likeness (QED) is 0.697. The topological polar surface area (TPSA) is 47.4 Å². The molecule has 0 spiro atoms. The van der Waals surface area contributed by atoms with Crippen molar-refractivity contribution in [3.63, 3.8) is 0 Å². The highest BCUT2D eigenvalue weighted by molar-refractivity contribution is 5.95. The molecule has 0 unspecified atom stereocenters. The van der Waals surface area contributed by atoms with Crippen molar-refractivity contribution in [1.82, 2.24) is 9.55 Å². The standard InChI is InChI=1S/C22H21N3O2/c1-17(24-14-12-23-16-24)19-9-3-5-11-21(19)27-15-22(26)25-13-6-8-18-7-2-4-10-20(18)25/h2-5,7,9-12,14,16H,1,6,8,13,15H2. The van der Waals surface area contributed by atoms with Crippen molar-refractivity contribution in [3.8, 4) is 5.75 Å². The summed E-state index contributed by atoms with van der Waals surface area (Å²) >= 11 is 0. The van der Waals surface area contributed by atoms with Crippen LogP contribution in [0.2, 0.25) is 0 Å². The first-order chi connectivity index (χ1) is 13.2. The van der Waals surface area contributed by atoms with Gasteiger partial charge in [-0.05, 0) is 36.6 Å². The van der Waals surface area contributed by atoms with E-state index in [4.69, 9.17) is 4.74 Å². The summed E-state index contributed by atoms with van der Waals surface area (Å²) in [5, 5.41) is 0. The summed E-state index contributed by atoms with van der Waals surface area (Å²) in [7, 11) is 0. The Labute approximate surface area is 158 Å². The van der Waals surface area contributed by atoms with Gasteiger partial charge in [-0.1, -0.05) is 36.9 Å². The zero-order chi connectivity index (χ0) is 18.6. The van der Waals surface area contributed by atoms with Gasteiger partial charge in [-0.3, -0.25) is 4.79 Å². The Morgan fingerprint density at radius 2 is 1.96 bits per heavy atom. The molecule has 2 aromatic carbocycles. The molecule has 0 aliphatic carbocycles. The van der Waals surface area contributed by atoms with Crippen molar-refractivity contribution in [2.75, 3.05) is 18.1 Å². The number of anilines is 1. The lowest BCUT2D eigenvalue weighted by molar-refractivity contribution is -0.120. The van der Waals surface area contributed by atoms with Crippen molar-refractivity contribution >= 4 is 17.3 Å². The van der Waals surface area contributed by atoms with Gasteiger partial charge in [0.1, 0.15) is 5.75 Å². The molecule has 5 heteroatoms. The van der Waals surface area contributed by atoms with E-state index in [1.54, 1.807) is 12.5 Å². The Hall–Kier alpha value is -3.34. The van der Waals surface area contributed by atoms with E-state index in [1.807, 2.05) is 58.1 Å². The zero-order valence-electron chi connectivity index (χ0n) is 15.0. The second-order valence-electron chi connectivity index (χ2n) is 6.48. The molecule has 0 fully saturated rings. The van der Waals surface area contributed by atoms with Crippen LogP contribution in [-0.2, 0) is 11.2 Å². The zero-order valence-corrected chi connectivity index (χ0v) is 15.0. The fourth-order valence-corrected chi connectivity index (χ4v) is 3.40. The van der Waals surface area contributed by atoms with Gasteiger partial charge in [-0.2, -0.15) is 0 Å². The number of carbonyl (C=O) groups is 1. The molecule has 1 aliphatic rings. The second kappa shape index (κ2) is 7.50. The van der Waals surface area contributed by atoms with E-state index >= 15 is 0 Å². The van der Waals surface area contributed by atoms with Crippen LogP contribution >= 0.6 is 0 Å². The van der Waals surface area contributed by atoms with Crippen molar-refractivity contribution in [1.29, 1.82) is 0 Å². The molecule has 1 amide bonds. The average molecular weight is 359 g/mol. The first-order valence-corrected chi connectivity index (χ1v) is 9.02. The molecule has 2 heterocycles. The molecule has 3 aromatic rings. The van der Waals surface area contributed by atoms with Crippen LogP contribution in [0, 0.1) is 0 Å². The molecule has 0 saturated carbocycles. The van der Waals surface area contributed by atoms with Crippen LogP contribution in [0.3, 0.4) is 0 Å². The third-order valence-corrected chi connectivity index (χ3v) is 4.78. The molecule has 0 radical (unpaired) electrons. The number of benzene rings is 2. The lowest BCUT2D eigenvalue weighted by atomic mass is 10.0. The highest BCUT2D eigenvalue weighted by atomic mass is 16.5. The van der Waals surface area contributed by atoms with Crippen molar-refractivity contribution in [2.45, 2.75) is 12.8 Å². The largest absolute Gasteiger partial charge is 0.483 e. The number of aromatic nitrogens is 2. The molecule has 0 N–H and O–H groups in total. The maximum Gasteiger partial charge on any atom is 0.264 e. The van der Waals surface area contributed by atoms with Crippen molar-refractivity contribution in [2.24, 2.45) is 0 Å². The van der Waals surface area contributed by atoms with Gasteiger partial charge >= 0.3 is 0 Å². The number of rotatable bonds is 5. The number of hydrogen-bond donors (Lipinski definition) is 0. The summed E-state index contributed by atoms with van der Waals surface area (Å²) in [6.45, 7) is 4.84. The van der Waals surface area contributed by atoms with Crippen LogP contribution in [0.1, 0.15) is 17.5 Å². The Morgan fingerprint density at radius 1 is 1.15 bits per heavy atom. The van der Waals surface area contributed by atoms with Crippen LogP contribution in [0.15, 0.2) is 73.8 Å².